The fourth-order valence-electron chi connectivity index (χ4n) is 2.47. The van der Waals surface area contributed by atoms with E-state index < -0.39 is 16.0 Å². The molecule has 22 heavy (non-hydrogen) atoms. The predicted octanol–water partition coefficient (Wildman–Crippen LogP) is 0.851. The molecule has 0 radical (unpaired) electrons. The van der Waals surface area contributed by atoms with Gasteiger partial charge in [0.15, 0.2) is 11.4 Å². The van der Waals surface area contributed by atoms with Crippen LogP contribution in [0.4, 0.5) is 0 Å². The van der Waals surface area contributed by atoms with Gasteiger partial charge in [-0.15, -0.1) is 4.40 Å². The Kier molecular flexibility index (Phi) is 4.18. The van der Waals surface area contributed by atoms with Crippen LogP contribution in [-0.2, 0) is 10.0 Å². The minimum Gasteiger partial charge on any atom is -0.369 e. The summed E-state index contributed by atoms with van der Waals surface area (Å²) < 4.78 is 29.1. The molecule has 2 aromatic rings. The van der Waals surface area contributed by atoms with Crippen LogP contribution >= 0.6 is 0 Å². The summed E-state index contributed by atoms with van der Waals surface area (Å²) in [5.41, 5.74) is 14.5. The van der Waals surface area contributed by atoms with Crippen LogP contribution in [0.2, 0.25) is 0 Å². The highest BCUT2D eigenvalue weighted by atomic mass is 32.2. The molecule has 116 valence electrons. The van der Waals surface area contributed by atoms with Crippen molar-refractivity contribution < 1.29 is 13.0 Å². The van der Waals surface area contributed by atoms with Crippen molar-refractivity contribution in [2.45, 2.75) is 25.7 Å². The molecule has 1 heterocycles. The Morgan fingerprint density at radius 1 is 1.00 bits per heavy atom. The number of pyridine rings is 1. The van der Waals surface area contributed by atoms with E-state index in [9.17, 15) is 8.42 Å². The SMILES string of the molecule is Cc1cc(C)[n+](-c2ccc(S(=O)(=O)N=C(N)N)cc2)c(C)c1. The quantitative estimate of drug-likeness (QED) is 0.497. The standard InChI is InChI=1S/C15H19N4O2S/c1-10-8-11(2)19(12(3)9-10)13-4-6-14(7-5-13)22(20,21)18-15(16)17/h4-9H,1-3H3,(H4,16,17,18)/q+1. The van der Waals surface area contributed by atoms with E-state index in [0.717, 1.165) is 17.1 Å². The van der Waals surface area contributed by atoms with Gasteiger partial charge in [0.1, 0.15) is 0 Å². The third kappa shape index (κ3) is 3.25. The fraction of sp³-hybridized carbons (Fsp3) is 0.200. The number of rotatable bonds is 3. The number of hydrogen-bond acceptors (Lipinski definition) is 2. The fourth-order valence-corrected chi connectivity index (χ4v) is 3.34. The Hall–Kier alpha value is -2.41. The van der Waals surface area contributed by atoms with E-state index in [2.05, 4.69) is 16.5 Å². The van der Waals surface area contributed by atoms with Crippen LogP contribution in [0.5, 0.6) is 0 Å². The zero-order chi connectivity index (χ0) is 16.5. The van der Waals surface area contributed by atoms with Crippen LogP contribution < -0.4 is 16.0 Å². The average Bonchev–Trinajstić information content (AvgIpc) is 2.36. The Bertz CT molecular complexity index is 813. The highest BCUT2D eigenvalue weighted by Crippen LogP contribution is 2.14. The number of aromatic nitrogens is 1. The van der Waals surface area contributed by atoms with Gasteiger partial charge in [-0.05, 0) is 24.6 Å². The van der Waals surface area contributed by atoms with Gasteiger partial charge in [0.2, 0.25) is 11.6 Å². The van der Waals surface area contributed by atoms with E-state index in [1.165, 1.54) is 17.7 Å². The largest absolute Gasteiger partial charge is 0.369 e. The Morgan fingerprint density at radius 3 is 1.95 bits per heavy atom. The number of nitrogens with two attached hydrogens (primary N) is 2. The molecule has 0 unspecified atom stereocenters. The first-order valence-corrected chi connectivity index (χ1v) is 8.11. The van der Waals surface area contributed by atoms with Crippen LogP contribution in [0.15, 0.2) is 45.7 Å². The second kappa shape index (κ2) is 5.76. The summed E-state index contributed by atoms with van der Waals surface area (Å²) >= 11 is 0. The molecule has 0 aliphatic carbocycles. The molecule has 0 bridgehead atoms. The van der Waals surface area contributed by atoms with Gasteiger partial charge in [-0.25, -0.2) is 0 Å². The van der Waals surface area contributed by atoms with E-state index in [0.29, 0.717) is 0 Å². The van der Waals surface area contributed by atoms with Crippen molar-refractivity contribution in [2.75, 3.05) is 0 Å². The number of sulfonamides is 1. The maximum atomic E-state index is 11.9. The van der Waals surface area contributed by atoms with Crippen LogP contribution in [0, 0.1) is 20.8 Å². The van der Waals surface area contributed by atoms with Crippen molar-refractivity contribution in [1.82, 2.24) is 0 Å². The molecule has 1 aromatic carbocycles. The van der Waals surface area contributed by atoms with E-state index in [-0.39, 0.29) is 4.90 Å². The maximum Gasteiger partial charge on any atom is 0.285 e. The molecule has 0 fully saturated rings. The molecule has 0 spiro atoms. The highest BCUT2D eigenvalue weighted by Gasteiger charge is 2.18. The van der Waals surface area contributed by atoms with Crippen molar-refractivity contribution in [2.24, 2.45) is 15.9 Å². The van der Waals surface area contributed by atoms with E-state index in [4.69, 9.17) is 11.5 Å². The summed E-state index contributed by atoms with van der Waals surface area (Å²) in [6.07, 6.45) is 0. The molecule has 0 amide bonds. The molecule has 0 saturated heterocycles. The predicted molar refractivity (Wildman–Crippen MR) is 85.2 cm³/mol. The minimum atomic E-state index is -3.86. The van der Waals surface area contributed by atoms with Crippen molar-refractivity contribution in [1.29, 1.82) is 0 Å². The number of aryl methyl sites for hydroxylation is 3. The highest BCUT2D eigenvalue weighted by molar-refractivity contribution is 7.90. The molecule has 0 saturated carbocycles. The van der Waals surface area contributed by atoms with Gasteiger partial charge in [-0.2, -0.15) is 13.0 Å². The summed E-state index contributed by atoms with van der Waals surface area (Å²) in [5.74, 6) is -0.483. The van der Waals surface area contributed by atoms with E-state index >= 15 is 0 Å². The van der Waals surface area contributed by atoms with Crippen molar-refractivity contribution in [3.63, 3.8) is 0 Å². The third-order valence-electron chi connectivity index (χ3n) is 3.20. The molecule has 2 rings (SSSR count). The van der Waals surface area contributed by atoms with Crippen LogP contribution in [0.25, 0.3) is 5.69 Å². The van der Waals surface area contributed by atoms with Gasteiger partial charge in [-0.3, -0.25) is 0 Å². The lowest BCUT2D eigenvalue weighted by Gasteiger charge is -2.05. The van der Waals surface area contributed by atoms with Crippen molar-refractivity contribution >= 4 is 16.0 Å². The van der Waals surface area contributed by atoms with Crippen LogP contribution in [-0.4, -0.2) is 14.4 Å². The Balaban J connectivity index is 2.49. The molecular formula is C15H19N4O2S+. The lowest BCUT2D eigenvalue weighted by Crippen LogP contribution is -2.37. The van der Waals surface area contributed by atoms with Crippen molar-refractivity contribution in [3.05, 3.63) is 53.3 Å². The first-order valence-electron chi connectivity index (χ1n) is 6.67. The maximum absolute atomic E-state index is 11.9. The smallest absolute Gasteiger partial charge is 0.285 e. The van der Waals surface area contributed by atoms with Gasteiger partial charge in [0.25, 0.3) is 10.0 Å². The summed E-state index contributed by atoms with van der Waals surface area (Å²) in [5, 5.41) is 0. The van der Waals surface area contributed by atoms with E-state index in [1.54, 1.807) is 12.1 Å². The zero-order valence-corrected chi connectivity index (χ0v) is 13.6. The van der Waals surface area contributed by atoms with Crippen LogP contribution in [0.1, 0.15) is 17.0 Å². The summed E-state index contributed by atoms with van der Waals surface area (Å²) in [7, 11) is -3.86. The van der Waals surface area contributed by atoms with Gasteiger partial charge in [0, 0.05) is 38.1 Å². The van der Waals surface area contributed by atoms with Gasteiger partial charge in [0.05, 0.1) is 4.90 Å². The lowest BCUT2D eigenvalue weighted by atomic mass is 10.2. The first-order chi connectivity index (χ1) is 10.2. The summed E-state index contributed by atoms with van der Waals surface area (Å²) in [4.78, 5) is 0.0488. The first kappa shape index (κ1) is 16.0. The molecule has 6 nitrogen and oxygen atoms in total. The second-order valence-corrected chi connectivity index (χ2v) is 6.74. The average molecular weight is 319 g/mol. The molecular weight excluding hydrogens is 300 g/mol. The Morgan fingerprint density at radius 2 is 1.50 bits per heavy atom. The molecule has 0 aliphatic rings. The number of benzene rings is 1. The van der Waals surface area contributed by atoms with Gasteiger partial charge < -0.3 is 11.5 Å². The third-order valence-corrected chi connectivity index (χ3v) is 4.52. The molecule has 4 N–H and O–H groups in total. The summed E-state index contributed by atoms with van der Waals surface area (Å²) in [6, 6.07) is 10.6. The molecule has 0 aliphatic heterocycles. The normalized spacial score (nSPS) is 11.2. The summed E-state index contributed by atoms with van der Waals surface area (Å²) in [6.45, 7) is 6.05. The van der Waals surface area contributed by atoms with Gasteiger partial charge in [-0.1, -0.05) is 0 Å². The van der Waals surface area contributed by atoms with Crippen molar-refractivity contribution in [3.8, 4) is 5.69 Å². The van der Waals surface area contributed by atoms with E-state index in [1.807, 2.05) is 25.3 Å². The minimum absolute atomic E-state index is 0.0488. The number of hydrogen-bond donors (Lipinski definition) is 2. The number of guanidine groups is 1. The zero-order valence-electron chi connectivity index (χ0n) is 12.7. The number of nitrogens with zero attached hydrogens (tertiary/aromatic N) is 2. The molecule has 7 heteroatoms. The molecule has 0 atom stereocenters. The second-order valence-electron chi connectivity index (χ2n) is 5.14. The Labute approximate surface area is 130 Å². The molecule has 1 aromatic heterocycles. The monoisotopic (exact) mass is 319 g/mol. The van der Waals surface area contributed by atoms with Gasteiger partial charge >= 0.3 is 0 Å². The lowest BCUT2D eigenvalue weighted by molar-refractivity contribution is -0.609. The topological polar surface area (TPSA) is 102 Å². The van der Waals surface area contributed by atoms with Crippen LogP contribution in [0.3, 0.4) is 0 Å².